The van der Waals surface area contributed by atoms with Gasteiger partial charge in [0, 0.05) is 25.0 Å². The van der Waals surface area contributed by atoms with E-state index < -0.39 is 0 Å². The normalized spacial score (nSPS) is 12.6. The van der Waals surface area contributed by atoms with Crippen LogP contribution in [0.3, 0.4) is 0 Å². The Morgan fingerprint density at radius 3 is 3.00 bits per heavy atom. The Labute approximate surface area is 107 Å². The molecule has 0 aliphatic rings. The molecule has 2 aromatic rings. The van der Waals surface area contributed by atoms with Crippen molar-refractivity contribution in [3.63, 3.8) is 0 Å². The molecule has 1 aromatic heterocycles. The second-order valence-electron chi connectivity index (χ2n) is 4.46. The highest BCUT2D eigenvalue weighted by atomic mass is 19.1. The lowest BCUT2D eigenvalue weighted by atomic mass is 10.1. The van der Waals surface area contributed by atoms with E-state index in [1.807, 2.05) is 23.0 Å². The average Bonchev–Trinajstić information content (AvgIpc) is 2.82. The molecule has 1 N–H and O–H groups in total. The minimum atomic E-state index is -0.170. The highest BCUT2D eigenvalue weighted by Gasteiger charge is 2.03. The van der Waals surface area contributed by atoms with Crippen molar-refractivity contribution in [1.82, 2.24) is 15.1 Å². The predicted molar refractivity (Wildman–Crippen MR) is 69.8 cm³/mol. The van der Waals surface area contributed by atoms with Crippen LogP contribution in [-0.2, 0) is 13.0 Å². The number of halogens is 1. The second kappa shape index (κ2) is 6.31. The largest absolute Gasteiger partial charge is 0.312 e. The van der Waals surface area contributed by atoms with E-state index in [4.69, 9.17) is 0 Å². The lowest BCUT2D eigenvalue weighted by molar-refractivity contribution is 0.493. The lowest BCUT2D eigenvalue weighted by Crippen LogP contribution is -2.31. The van der Waals surface area contributed by atoms with Crippen LogP contribution in [0, 0.1) is 5.82 Å². The number of hydrogen-bond acceptors (Lipinski definition) is 2. The van der Waals surface area contributed by atoms with Gasteiger partial charge in [-0.15, -0.1) is 0 Å². The fourth-order valence-electron chi connectivity index (χ4n) is 1.95. The Morgan fingerprint density at radius 2 is 2.28 bits per heavy atom. The minimum absolute atomic E-state index is 0.170. The first-order chi connectivity index (χ1) is 8.74. The Morgan fingerprint density at radius 1 is 1.39 bits per heavy atom. The van der Waals surface area contributed by atoms with Crippen LogP contribution in [0.5, 0.6) is 0 Å². The predicted octanol–water partition coefficient (Wildman–Crippen LogP) is 2.24. The van der Waals surface area contributed by atoms with Gasteiger partial charge in [0.15, 0.2) is 0 Å². The van der Waals surface area contributed by atoms with E-state index in [0.717, 1.165) is 25.1 Å². The SMILES string of the molecule is CC(Cc1cccc(F)c1)NCCn1cccn1. The van der Waals surface area contributed by atoms with E-state index in [-0.39, 0.29) is 5.82 Å². The van der Waals surface area contributed by atoms with Gasteiger partial charge in [-0.25, -0.2) is 4.39 Å². The Hall–Kier alpha value is -1.68. The van der Waals surface area contributed by atoms with Gasteiger partial charge in [-0.1, -0.05) is 12.1 Å². The molecule has 0 radical (unpaired) electrons. The van der Waals surface area contributed by atoms with Crippen LogP contribution < -0.4 is 5.32 Å². The summed E-state index contributed by atoms with van der Waals surface area (Å²) in [4.78, 5) is 0. The third kappa shape index (κ3) is 3.96. The van der Waals surface area contributed by atoms with Gasteiger partial charge in [0.2, 0.25) is 0 Å². The summed E-state index contributed by atoms with van der Waals surface area (Å²) >= 11 is 0. The first kappa shape index (κ1) is 12.8. The Balaban J connectivity index is 1.73. The van der Waals surface area contributed by atoms with E-state index in [9.17, 15) is 4.39 Å². The topological polar surface area (TPSA) is 29.9 Å². The van der Waals surface area contributed by atoms with Crippen LogP contribution in [0.25, 0.3) is 0 Å². The number of aromatic nitrogens is 2. The van der Waals surface area contributed by atoms with Crippen molar-refractivity contribution < 1.29 is 4.39 Å². The first-order valence-electron chi connectivity index (χ1n) is 6.19. The molecule has 0 bridgehead atoms. The number of rotatable bonds is 6. The van der Waals surface area contributed by atoms with Crippen molar-refractivity contribution in [2.24, 2.45) is 0 Å². The van der Waals surface area contributed by atoms with Crippen molar-refractivity contribution in [3.05, 3.63) is 54.1 Å². The quantitative estimate of drug-likeness (QED) is 0.848. The molecule has 2 rings (SSSR count). The summed E-state index contributed by atoms with van der Waals surface area (Å²) in [7, 11) is 0. The zero-order chi connectivity index (χ0) is 12.8. The summed E-state index contributed by atoms with van der Waals surface area (Å²) in [5, 5.41) is 7.54. The lowest BCUT2D eigenvalue weighted by Gasteiger charge is -2.13. The zero-order valence-corrected chi connectivity index (χ0v) is 10.5. The van der Waals surface area contributed by atoms with E-state index in [1.54, 1.807) is 18.3 Å². The molecule has 1 unspecified atom stereocenters. The molecular formula is C14H18FN3. The molecule has 0 fully saturated rings. The molecule has 0 aliphatic carbocycles. The average molecular weight is 247 g/mol. The van der Waals surface area contributed by atoms with Crippen molar-refractivity contribution in [1.29, 1.82) is 0 Å². The van der Waals surface area contributed by atoms with E-state index >= 15 is 0 Å². The molecule has 0 amide bonds. The molecule has 1 atom stereocenters. The molecule has 1 heterocycles. The fourth-order valence-corrected chi connectivity index (χ4v) is 1.95. The Kier molecular flexibility index (Phi) is 4.47. The van der Waals surface area contributed by atoms with Gasteiger partial charge in [-0.2, -0.15) is 5.10 Å². The second-order valence-corrected chi connectivity index (χ2v) is 4.46. The smallest absolute Gasteiger partial charge is 0.123 e. The maximum absolute atomic E-state index is 13.0. The van der Waals surface area contributed by atoms with Crippen LogP contribution in [0.1, 0.15) is 12.5 Å². The van der Waals surface area contributed by atoms with Crippen molar-refractivity contribution in [2.45, 2.75) is 25.9 Å². The van der Waals surface area contributed by atoms with Crippen molar-refractivity contribution in [3.8, 4) is 0 Å². The molecule has 0 saturated carbocycles. The van der Waals surface area contributed by atoms with Gasteiger partial charge in [0.05, 0.1) is 6.54 Å². The number of nitrogens with one attached hydrogen (secondary N) is 1. The van der Waals surface area contributed by atoms with Crippen molar-refractivity contribution >= 4 is 0 Å². The maximum Gasteiger partial charge on any atom is 0.123 e. The van der Waals surface area contributed by atoms with Gasteiger partial charge in [-0.3, -0.25) is 4.68 Å². The summed E-state index contributed by atoms with van der Waals surface area (Å²) in [6.07, 6.45) is 4.55. The molecule has 0 spiro atoms. The number of benzene rings is 1. The van der Waals surface area contributed by atoms with Crippen LogP contribution in [0.2, 0.25) is 0 Å². The van der Waals surface area contributed by atoms with E-state index in [1.165, 1.54) is 6.07 Å². The van der Waals surface area contributed by atoms with Gasteiger partial charge in [-0.05, 0) is 37.1 Å². The Bertz CT molecular complexity index is 468. The monoisotopic (exact) mass is 247 g/mol. The first-order valence-corrected chi connectivity index (χ1v) is 6.19. The van der Waals surface area contributed by atoms with Crippen LogP contribution in [0.4, 0.5) is 4.39 Å². The van der Waals surface area contributed by atoms with Gasteiger partial charge >= 0.3 is 0 Å². The molecule has 96 valence electrons. The minimum Gasteiger partial charge on any atom is -0.312 e. The van der Waals surface area contributed by atoms with E-state index in [2.05, 4.69) is 17.3 Å². The summed E-state index contributed by atoms with van der Waals surface area (Å²) in [5.74, 6) is -0.170. The van der Waals surface area contributed by atoms with Crippen molar-refractivity contribution in [2.75, 3.05) is 6.54 Å². The standard InChI is InChI=1S/C14H18FN3/c1-12(10-13-4-2-5-14(15)11-13)16-7-9-18-8-3-6-17-18/h2-6,8,11-12,16H,7,9-10H2,1H3. The van der Waals surface area contributed by atoms with Gasteiger partial charge in [0.25, 0.3) is 0 Å². The van der Waals surface area contributed by atoms with E-state index in [0.29, 0.717) is 6.04 Å². The number of hydrogen-bond donors (Lipinski definition) is 1. The maximum atomic E-state index is 13.0. The summed E-state index contributed by atoms with van der Waals surface area (Å²) in [6, 6.07) is 9.00. The van der Waals surface area contributed by atoms with Crippen LogP contribution in [0.15, 0.2) is 42.7 Å². The van der Waals surface area contributed by atoms with Crippen LogP contribution in [-0.4, -0.2) is 22.4 Å². The zero-order valence-electron chi connectivity index (χ0n) is 10.5. The molecule has 3 nitrogen and oxygen atoms in total. The van der Waals surface area contributed by atoms with Gasteiger partial charge in [0.1, 0.15) is 5.82 Å². The molecule has 18 heavy (non-hydrogen) atoms. The molecule has 0 saturated heterocycles. The summed E-state index contributed by atoms with van der Waals surface area (Å²) < 4.78 is 14.9. The summed E-state index contributed by atoms with van der Waals surface area (Å²) in [5.41, 5.74) is 1.02. The van der Waals surface area contributed by atoms with Gasteiger partial charge < -0.3 is 5.32 Å². The third-order valence-corrected chi connectivity index (χ3v) is 2.82. The number of nitrogens with zero attached hydrogens (tertiary/aromatic N) is 2. The highest BCUT2D eigenvalue weighted by molar-refractivity contribution is 5.17. The molecule has 1 aromatic carbocycles. The fraction of sp³-hybridized carbons (Fsp3) is 0.357. The molecular weight excluding hydrogens is 229 g/mol. The molecule has 4 heteroatoms. The summed E-state index contributed by atoms with van der Waals surface area (Å²) in [6.45, 7) is 3.81. The third-order valence-electron chi connectivity index (χ3n) is 2.82. The molecule has 0 aliphatic heterocycles. The van der Waals surface area contributed by atoms with Crippen LogP contribution >= 0.6 is 0 Å². The highest BCUT2D eigenvalue weighted by Crippen LogP contribution is 2.06.